The molecule has 2 heteroatoms. The summed E-state index contributed by atoms with van der Waals surface area (Å²) in [4.78, 5) is 2.87. The second kappa shape index (κ2) is 4.77. The SMILES string of the molecule is CCNC(c1ccc(C)s1)C(C)C. The molecule has 74 valence electrons. The van der Waals surface area contributed by atoms with Crippen LogP contribution in [-0.2, 0) is 0 Å². The Labute approximate surface area is 85.2 Å². The summed E-state index contributed by atoms with van der Waals surface area (Å²) >= 11 is 1.90. The van der Waals surface area contributed by atoms with Crippen LogP contribution in [0.3, 0.4) is 0 Å². The molecule has 1 atom stereocenters. The van der Waals surface area contributed by atoms with E-state index in [1.54, 1.807) is 0 Å². The lowest BCUT2D eigenvalue weighted by atomic mass is 10.0. The molecule has 1 nitrogen and oxygen atoms in total. The fraction of sp³-hybridized carbons (Fsp3) is 0.636. The molecule has 1 aromatic heterocycles. The molecule has 1 aromatic rings. The molecule has 0 spiro atoms. The van der Waals surface area contributed by atoms with Gasteiger partial charge in [0.2, 0.25) is 0 Å². The lowest BCUT2D eigenvalue weighted by molar-refractivity contribution is 0.428. The predicted octanol–water partition coefficient (Wildman–Crippen LogP) is 3.36. The highest BCUT2D eigenvalue weighted by atomic mass is 32.1. The second-order valence-electron chi connectivity index (χ2n) is 3.73. The Bertz CT molecular complexity index is 252. The smallest absolute Gasteiger partial charge is 0.0438 e. The summed E-state index contributed by atoms with van der Waals surface area (Å²) in [5.41, 5.74) is 0. The van der Waals surface area contributed by atoms with Crippen molar-refractivity contribution in [3.63, 3.8) is 0 Å². The molecule has 0 aliphatic rings. The van der Waals surface area contributed by atoms with E-state index in [1.165, 1.54) is 9.75 Å². The highest BCUT2D eigenvalue weighted by Crippen LogP contribution is 2.27. The number of nitrogens with one attached hydrogen (secondary N) is 1. The zero-order valence-corrected chi connectivity index (χ0v) is 9.74. The largest absolute Gasteiger partial charge is 0.309 e. The first kappa shape index (κ1) is 10.7. The fourth-order valence-corrected chi connectivity index (χ4v) is 2.63. The normalized spacial score (nSPS) is 13.6. The van der Waals surface area contributed by atoms with E-state index in [2.05, 4.69) is 45.1 Å². The van der Waals surface area contributed by atoms with Crippen molar-refractivity contribution in [1.29, 1.82) is 0 Å². The van der Waals surface area contributed by atoms with Gasteiger partial charge in [0, 0.05) is 15.8 Å². The Morgan fingerprint density at radius 2 is 2.08 bits per heavy atom. The van der Waals surface area contributed by atoms with Gasteiger partial charge < -0.3 is 5.32 Å². The van der Waals surface area contributed by atoms with Crippen molar-refractivity contribution < 1.29 is 0 Å². The van der Waals surface area contributed by atoms with Gasteiger partial charge in [0.1, 0.15) is 0 Å². The van der Waals surface area contributed by atoms with Gasteiger partial charge in [-0.1, -0.05) is 20.8 Å². The lowest BCUT2D eigenvalue weighted by Gasteiger charge is -2.20. The molecule has 0 saturated heterocycles. The number of hydrogen-bond acceptors (Lipinski definition) is 2. The molecule has 1 N–H and O–H groups in total. The summed E-state index contributed by atoms with van der Waals surface area (Å²) in [6.07, 6.45) is 0. The third-order valence-corrected chi connectivity index (χ3v) is 3.24. The molecule has 0 radical (unpaired) electrons. The zero-order chi connectivity index (χ0) is 9.84. The van der Waals surface area contributed by atoms with Crippen molar-refractivity contribution in [2.75, 3.05) is 6.54 Å². The van der Waals surface area contributed by atoms with Gasteiger partial charge in [-0.25, -0.2) is 0 Å². The Morgan fingerprint density at radius 1 is 1.38 bits per heavy atom. The Kier molecular flexibility index (Phi) is 3.94. The van der Waals surface area contributed by atoms with Crippen molar-refractivity contribution in [3.05, 3.63) is 21.9 Å². The van der Waals surface area contributed by atoms with E-state index in [0.29, 0.717) is 12.0 Å². The van der Waals surface area contributed by atoms with Crippen molar-refractivity contribution >= 4 is 11.3 Å². The summed E-state index contributed by atoms with van der Waals surface area (Å²) in [5.74, 6) is 0.665. The van der Waals surface area contributed by atoms with Gasteiger partial charge in [-0.05, 0) is 31.5 Å². The minimum atomic E-state index is 0.531. The van der Waals surface area contributed by atoms with Gasteiger partial charge in [-0.2, -0.15) is 0 Å². The van der Waals surface area contributed by atoms with Crippen LogP contribution in [0.4, 0.5) is 0 Å². The van der Waals surface area contributed by atoms with Crippen LogP contribution in [0.25, 0.3) is 0 Å². The van der Waals surface area contributed by atoms with Crippen LogP contribution in [-0.4, -0.2) is 6.54 Å². The maximum Gasteiger partial charge on any atom is 0.0438 e. The molecular formula is C11H19NS. The average Bonchev–Trinajstić information content (AvgIpc) is 2.46. The minimum absolute atomic E-state index is 0.531. The van der Waals surface area contributed by atoms with Crippen LogP contribution in [0, 0.1) is 12.8 Å². The predicted molar refractivity (Wildman–Crippen MR) is 60.3 cm³/mol. The molecule has 0 amide bonds. The van der Waals surface area contributed by atoms with Crippen LogP contribution >= 0.6 is 11.3 Å². The first-order valence-electron chi connectivity index (χ1n) is 4.94. The molecule has 0 aromatic carbocycles. The maximum atomic E-state index is 3.52. The molecule has 0 aliphatic heterocycles. The third kappa shape index (κ3) is 2.82. The highest BCUT2D eigenvalue weighted by Gasteiger charge is 2.15. The quantitative estimate of drug-likeness (QED) is 0.780. The van der Waals surface area contributed by atoms with Crippen LogP contribution in [0.5, 0.6) is 0 Å². The summed E-state index contributed by atoms with van der Waals surface area (Å²) in [6.45, 7) is 9.90. The number of thiophene rings is 1. The molecular weight excluding hydrogens is 178 g/mol. The van der Waals surface area contributed by atoms with E-state index in [1.807, 2.05) is 11.3 Å². The van der Waals surface area contributed by atoms with Crippen LogP contribution in [0.1, 0.15) is 36.6 Å². The third-order valence-electron chi connectivity index (χ3n) is 2.16. The maximum absolute atomic E-state index is 3.52. The number of hydrogen-bond donors (Lipinski definition) is 1. The van der Waals surface area contributed by atoms with Gasteiger partial charge >= 0.3 is 0 Å². The molecule has 0 saturated carbocycles. The molecule has 1 unspecified atom stereocenters. The van der Waals surface area contributed by atoms with E-state index >= 15 is 0 Å². The van der Waals surface area contributed by atoms with E-state index < -0.39 is 0 Å². The van der Waals surface area contributed by atoms with E-state index in [4.69, 9.17) is 0 Å². The van der Waals surface area contributed by atoms with E-state index in [0.717, 1.165) is 6.54 Å². The molecule has 1 rings (SSSR count). The topological polar surface area (TPSA) is 12.0 Å². The van der Waals surface area contributed by atoms with Crippen molar-refractivity contribution in [1.82, 2.24) is 5.32 Å². The molecule has 13 heavy (non-hydrogen) atoms. The zero-order valence-electron chi connectivity index (χ0n) is 8.92. The standard InChI is InChI=1S/C11H19NS/c1-5-12-11(8(2)3)10-7-6-9(4)13-10/h6-8,11-12H,5H2,1-4H3. The Morgan fingerprint density at radius 3 is 2.46 bits per heavy atom. The summed E-state index contributed by atoms with van der Waals surface area (Å²) in [7, 11) is 0. The van der Waals surface area contributed by atoms with Crippen molar-refractivity contribution in [2.45, 2.75) is 33.7 Å². The van der Waals surface area contributed by atoms with Crippen LogP contribution < -0.4 is 5.32 Å². The van der Waals surface area contributed by atoms with Crippen molar-refractivity contribution in [2.24, 2.45) is 5.92 Å². The van der Waals surface area contributed by atoms with Crippen LogP contribution in [0.15, 0.2) is 12.1 Å². The Balaban J connectivity index is 2.75. The first-order chi connectivity index (χ1) is 6.15. The van der Waals surface area contributed by atoms with Gasteiger partial charge in [-0.3, -0.25) is 0 Å². The van der Waals surface area contributed by atoms with Gasteiger partial charge in [0.15, 0.2) is 0 Å². The fourth-order valence-electron chi connectivity index (χ4n) is 1.51. The molecule has 0 fully saturated rings. The molecule has 0 bridgehead atoms. The van der Waals surface area contributed by atoms with Crippen molar-refractivity contribution in [3.8, 4) is 0 Å². The number of rotatable bonds is 4. The Hall–Kier alpha value is -0.340. The molecule has 0 aliphatic carbocycles. The lowest BCUT2D eigenvalue weighted by Crippen LogP contribution is -2.24. The number of aryl methyl sites for hydroxylation is 1. The van der Waals surface area contributed by atoms with Gasteiger partial charge in [0.05, 0.1) is 0 Å². The van der Waals surface area contributed by atoms with E-state index in [9.17, 15) is 0 Å². The van der Waals surface area contributed by atoms with Gasteiger partial charge in [-0.15, -0.1) is 11.3 Å². The van der Waals surface area contributed by atoms with Crippen LogP contribution in [0.2, 0.25) is 0 Å². The first-order valence-corrected chi connectivity index (χ1v) is 5.76. The monoisotopic (exact) mass is 197 g/mol. The minimum Gasteiger partial charge on any atom is -0.309 e. The van der Waals surface area contributed by atoms with E-state index in [-0.39, 0.29) is 0 Å². The second-order valence-corrected chi connectivity index (χ2v) is 5.05. The average molecular weight is 197 g/mol. The highest BCUT2D eigenvalue weighted by molar-refractivity contribution is 7.12. The van der Waals surface area contributed by atoms with Gasteiger partial charge in [0.25, 0.3) is 0 Å². The molecule has 1 heterocycles. The summed E-state index contributed by atoms with van der Waals surface area (Å²) in [5, 5.41) is 3.52. The summed E-state index contributed by atoms with van der Waals surface area (Å²) in [6, 6.07) is 4.98. The summed E-state index contributed by atoms with van der Waals surface area (Å²) < 4.78 is 0.